The van der Waals surface area contributed by atoms with Crippen molar-refractivity contribution in [1.29, 1.82) is 0 Å². The molecule has 2 nitrogen and oxygen atoms in total. The van der Waals surface area contributed by atoms with E-state index in [2.05, 4.69) is 0 Å². The van der Waals surface area contributed by atoms with E-state index in [1.807, 2.05) is 26.8 Å². The Morgan fingerprint density at radius 2 is 2.33 bits per heavy atom. The Bertz CT molecular complexity index is 320. The lowest BCUT2D eigenvalue weighted by Gasteiger charge is -2.07. The van der Waals surface area contributed by atoms with E-state index in [9.17, 15) is 4.79 Å². The van der Waals surface area contributed by atoms with Crippen molar-refractivity contribution in [3.8, 4) is 0 Å². The van der Waals surface area contributed by atoms with Crippen molar-refractivity contribution in [3.63, 3.8) is 0 Å². The molecule has 84 valence electrons. The first kappa shape index (κ1) is 12.7. The molecule has 15 heavy (non-hydrogen) atoms. The van der Waals surface area contributed by atoms with Gasteiger partial charge in [-0.3, -0.25) is 4.79 Å². The normalized spacial score (nSPS) is 12.7. The molecule has 4 heteroatoms. The minimum Gasteiger partial charge on any atom is -0.468 e. The van der Waals surface area contributed by atoms with Gasteiger partial charge in [0.15, 0.2) is 0 Å². The quantitative estimate of drug-likeness (QED) is 0.705. The fourth-order valence-corrected chi connectivity index (χ4v) is 3.42. The SMILES string of the molecule is CCCC(=O)C(C)SSc1ccoc1C. The third-order valence-corrected chi connectivity index (χ3v) is 4.99. The van der Waals surface area contributed by atoms with Crippen molar-refractivity contribution in [2.24, 2.45) is 0 Å². The van der Waals surface area contributed by atoms with Crippen molar-refractivity contribution >= 4 is 27.4 Å². The minimum absolute atomic E-state index is 0.0595. The van der Waals surface area contributed by atoms with E-state index in [0.29, 0.717) is 12.2 Å². The van der Waals surface area contributed by atoms with Crippen LogP contribution in [0, 0.1) is 6.92 Å². The van der Waals surface area contributed by atoms with Crippen LogP contribution >= 0.6 is 21.6 Å². The van der Waals surface area contributed by atoms with Crippen molar-refractivity contribution in [2.75, 3.05) is 0 Å². The lowest BCUT2D eigenvalue weighted by atomic mass is 10.2. The standard InChI is InChI=1S/C11H16O2S2/c1-4-5-10(12)9(3)14-15-11-6-7-13-8(11)2/h6-7,9H,4-5H2,1-3H3. The number of hydrogen-bond acceptors (Lipinski definition) is 4. The number of aryl methyl sites for hydroxylation is 1. The summed E-state index contributed by atoms with van der Waals surface area (Å²) < 4.78 is 5.19. The van der Waals surface area contributed by atoms with E-state index in [1.165, 1.54) is 0 Å². The third-order valence-electron chi connectivity index (χ3n) is 2.04. The van der Waals surface area contributed by atoms with E-state index in [0.717, 1.165) is 17.1 Å². The van der Waals surface area contributed by atoms with Crippen LogP contribution in [0.2, 0.25) is 0 Å². The van der Waals surface area contributed by atoms with Gasteiger partial charge in [-0.25, -0.2) is 0 Å². The van der Waals surface area contributed by atoms with Crippen LogP contribution < -0.4 is 0 Å². The predicted molar refractivity (Wildman–Crippen MR) is 66.3 cm³/mol. The number of hydrogen-bond donors (Lipinski definition) is 0. The number of Topliss-reactive ketones (excluding diaryl/α,β-unsaturated/α-hetero) is 1. The summed E-state index contributed by atoms with van der Waals surface area (Å²) in [7, 11) is 3.22. The largest absolute Gasteiger partial charge is 0.468 e. The number of carbonyl (C=O) groups excluding carboxylic acids is 1. The van der Waals surface area contributed by atoms with E-state index in [4.69, 9.17) is 4.42 Å². The van der Waals surface area contributed by atoms with Crippen LogP contribution in [0.1, 0.15) is 32.4 Å². The van der Waals surface area contributed by atoms with Crippen LogP contribution in [-0.4, -0.2) is 11.0 Å². The maximum atomic E-state index is 11.5. The fourth-order valence-electron chi connectivity index (χ4n) is 1.09. The van der Waals surface area contributed by atoms with Gasteiger partial charge in [0.05, 0.1) is 16.4 Å². The van der Waals surface area contributed by atoms with Crippen LogP contribution in [-0.2, 0) is 4.79 Å². The molecule has 0 saturated carbocycles. The lowest BCUT2D eigenvalue weighted by Crippen LogP contribution is -2.11. The second-order valence-electron chi connectivity index (χ2n) is 3.38. The molecule has 0 fully saturated rings. The average Bonchev–Trinajstić information content (AvgIpc) is 2.61. The molecule has 0 spiro atoms. The molecule has 1 heterocycles. The smallest absolute Gasteiger partial charge is 0.146 e. The van der Waals surface area contributed by atoms with Gasteiger partial charge in [-0.2, -0.15) is 0 Å². The molecule has 0 radical (unpaired) electrons. The van der Waals surface area contributed by atoms with Gasteiger partial charge in [0.1, 0.15) is 11.5 Å². The molecule has 1 aromatic rings. The maximum absolute atomic E-state index is 11.5. The molecule has 1 rings (SSSR count). The third kappa shape index (κ3) is 3.95. The van der Waals surface area contributed by atoms with E-state index in [-0.39, 0.29) is 5.25 Å². The summed E-state index contributed by atoms with van der Waals surface area (Å²) in [4.78, 5) is 12.6. The second kappa shape index (κ2) is 6.28. The van der Waals surface area contributed by atoms with Crippen molar-refractivity contribution in [3.05, 3.63) is 18.1 Å². The molecule has 0 N–H and O–H groups in total. The topological polar surface area (TPSA) is 30.2 Å². The van der Waals surface area contributed by atoms with Crippen molar-refractivity contribution < 1.29 is 9.21 Å². The summed E-state index contributed by atoms with van der Waals surface area (Å²) >= 11 is 0. The highest BCUT2D eigenvalue weighted by atomic mass is 33.1. The van der Waals surface area contributed by atoms with Crippen molar-refractivity contribution in [2.45, 2.75) is 43.8 Å². The van der Waals surface area contributed by atoms with E-state index in [1.54, 1.807) is 27.9 Å². The van der Waals surface area contributed by atoms with Gasteiger partial charge < -0.3 is 4.42 Å². The minimum atomic E-state index is 0.0595. The summed E-state index contributed by atoms with van der Waals surface area (Å²) in [5.74, 6) is 1.25. The van der Waals surface area contributed by atoms with Gasteiger partial charge >= 0.3 is 0 Å². The number of ketones is 1. The summed E-state index contributed by atoms with van der Waals surface area (Å²) in [6.07, 6.45) is 3.29. The van der Waals surface area contributed by atoms with Gasteiger partial charge in [0.25, 0.3) is 0 Å². The molecule has 1 unspecified atom stereocenters. The van der Waals surface area contributed by atoms with Gasteiger partial charge in [-0.1, -0.05) is 28.5 Å². The number of carbonyl (C=O) groups is 1. The molecule has 1 aromatic heterocycles. The molecule has 0 aromatic carbocycles. The molecule has 0 aliphatic heterocycles. The molecule has 0 bridgehead atoms. The number of furan rings is 1. The van der Waals surface area contributed by atoms with Crippen LogP contribution in [0.15, 0.2) is 21.6 Å². The molecule has 0 aliphatic carbocycles. The summed E-state index contributed by atoms with van der Waals surface area (Å²) in [5.41, 5.74) is 0. The second-order valence-corrected chi connectivity index (χ2v) is 5.96. The molecule has 0 saturated heterocycles. The van der Waals surface area contributed by atoms with Crippen LogP contribution in [0.5, 0.6) is 0 Å². The Labute approximate surface area is 98.6 Å². The zero-order valence-electron chi connectivity index (χ0n) is 9.28. The molecule has 0 aliphatic rings. The van der Waals surface area contributed by atoms with Gasteiger partial charge in [0, 0.05) is 6.42 Å². The van der Waals surface area contributed by atoms with Crippen LogP contribution in [0.3, 0.4) is 0 Å². The van der Waals surface area contributed by atoms with E-state index >= 15 is 0 Å². The Balaban J connectivity index is 2.37. The first-order valence-electron chi connectivity index (χ1n) is 5.05. The van der Waals surface area contributed by atoms with Crippen LogP contribution in [0.25, 0.3) is 0 Å². The monoisotopic (exact) mass is 244 g/mol. The zero-order valence-corrected chi connectivity index (χ0v) is 10.9. The average molecular weight is 244 g/mol. The highest BCUT2D eigenvalue weighted by Crippen LogP contribution is 2.37. The van der Waals surface area contributed by atoms with Gasteiger partial charge in [-0.05, 0) is 26.3 Å². The first-order valence-corrected chi connectivity index (χ1v) is 7.26. The Kier molecular flexibility index (Phi) is 5.32. The lowest BCUT2D eigenvalue weighted by molar-refractivity contribution is -0.118. The summed E-state index contributed by atoms with van der Waals surface area (Å²) in [6, 6.07) is 1.93. The molecule has 1 atom stereocenters. The molecule has 0 amide bonds. The highest BCUT2D eigenvalue weighted by Gasteiger charge is 2.14. The summed E-state index contributed by atoms with van der Waals surface area (Å²) in [6.45, 7) is 5.93. The van der Waals surface area contributed by atoms with Gasteiger partial charge in [0.2, 0.25) is 0 Å². The van der Waals surface area contributed by atoms with Gasteiger partial charge in [-0.15, -0.1) is 0 Å². The predicted octanol–water partition coefficient (Wildman–Crippen LogP) is 4.09. The van der Waals surface area contributed by atoms with Crippen molar-refractivity contribution in [1.82, 2.24) is 0 Å². The van der Waals surface area contributed by atoms with E-state index < -0.39 is 0 Å². The highest BCUT2D eigenvalue weighted by molar-refractivity contribution is 8.77. The Hall–Kier alpha value is -0.350. The zero-order chi connectivity index (χ0) is 11.3. The van der Waals surface area contributed by atoms with Crippen LogP contribution in [0.4, 0.5) is 0 Å². The first-order chi connectivity index (χ1) is 7.15. The maximum Gasteiger partial charge on any atom is 0.146 e. The number of rotatable bonds is 6. The fraction of sp³-hybridized carbons (Fsp3) is 0.545. The molecular formula is C11H16O2S2. The molecular weight excluding hydrogens is 228 g/mol. The summed E-state index contributed by atoms with van der Waals surface area (Å²) in [5, 5.41) is 0.0595. The Morgan fingerprint density at radius 3 is 2.87 bits per heavy atom. The Morgan fingerprint density at radius 1 is 1.60 bits per heavy atom.